The standard InChI is InChI=1S/C10H10BrClO2/c1-7(10(13)6-12)14-9-4-2-3-8(11)5-9/h2-5,7H,6H2,1H3. The summed E-state index contributed by atoms with van der Waals surface area (Å²) >= 11 is 8.72. The van der Waals surface area contributed by atoms with E-state index in [0.29, 0.717) is 5.75 Å². The normalized spacial score (nSPS) is 12.2. The van der Waals surface area contributed by atoms with E-state index >= 15 is 0 Å². The van der Waals surface area contributed by atoms with Gasteiger partial charge in [-0.15, -0.1) is 11.6 Å². The molecule has 0 saturated carbocycles. The Kier molecular flexibility index (Phi) is 4.42. The van der Waals surface area contributed by atoms with Crippen molar-refractivity contribution in [1.29, 1.82) is 0 Å². The largest absolute Gasteiger partial charge is 0.483 e. The highest BCUT2D eigenvalue weighted by atomic mass is 79.9. The number of carbonyl (C=O) groups is 1. The second kappa shape index (κ2) is 5.37. The Morgan fingerprint density at radius 3 is 2.93 bits per heavy atom. The quantitative estimate of drug-likeness (QED) is 0.791. The zero-order valence-electron chi connectivity index (χ0n) is 7.67. The lowest BCUT2D eigenvalue weighted by Crippen LogP contribution is -2.24. The zero-order chi connectivity index (χ0) is 10.6. The molecule has 1 unspecified atom stereocenters. The molecule has 0 saturated heterocycles. The Morgan fingerprint density at radius 2 is 2.36 bits per heavy atom. The molecule has 4 heteroatoms. The highest BCUT2D eigenvalue weighted by molar-refractivity contribution is 9.10. The Hall–Kier alpha value is -0.540. The number of ether oxygens (including phenoxy) is 1. The van der Waals surface area contributed by atoms with E-state index in [-0.39, 0.29) is 11.7 Å². The molecule has 1 aromatic rings. The molecule has 14 heavy (non-hydrogen) atoms. The minimum Gasteiger partial charge on any atom is -0.483 e. The van der Waals surface area contributed by atoms with Gasteiger partial charge in [0.15, 0.2) is 11.9 Å². The number of hydrogen-bond acceptors (Lipinski definition) is 2. The smallest absolute Gasteiger partial charge is 0.187 e. The maximum Gasteiger partial charge on any atom is 0.187 e. The van der Waals surface area contributed by atoms with E-state index in [4.69, 9.17) is 16.3 Å². The van der Waals surface area contributed by atoms with Gasteiger partial charge in [-0.2, -0.15) is 0 Å². The molecule has 1 atom stereocenters. The second-order valence-electron chi connectivity index (χ2n) is 2.82. The van der Waals surface area contributed by atoms with E-state index in [9.17, 15) is 4.79 Å². The Balaban J connectivity index is 2.64. The van der Waals surface area contributed by atoms with Crippen LogP contribution in [0.3, 0.4) is 0 Å². The third-order valence-corrected chi connectivity index (χ3v) is 2.45. The molecule has 1 rings (SSSR count). The SMILES string of the molecule is CC(Oc1cccc(Br)c1)C(=O)CCl. The van der Waals surface area contributed by atoms with Crippen molar-refractivity contribution in [1.82, 2.24) is 0 Å². The van der Waals surface area contributed by atoms with Crippen LogP contribution in [-0.2, 0) is 4.79 Å². The van der Waals surface area contributed by atoms with E-state index in [1.54, 1.807) is 19.1 Å². The summed E-state index contributed by atoms with van der Waals surface area (Å²) in [5, 5.41) is 0. The van der Waals surface area contributed by atoms with Crippen LogP contribution in [0.1, 0.15) is 6.92 Å². The summed E-state index contributed by atoms with van der Waals surface area (Å²) in [6, 6.07) is 7.33. The number of ketones is 1. The number of alkyl halides is 1. The van der Waals surface area contributed by atoms with Crippen molar-refractivity contribution in [2.75, 3.05) is 5.88 Å². The number of carbonyl (C=O) groups excluding carboxylic acids is 1. The summed E-state index contributed by atoms with van der Waals surface area (Å²) in [4.78, 5) is 11.1. The zero-order valence-corrected chi connectivity index (χ0v) is 10.0. The second-order valence-corrected chi connectivity index (χ2v) is 4.00. The summed E-state index contributed by atoms with van der Waals surface area (Å²) < 4.78 is 6.30. The summed E-state index contributed by atoms with van der Waals surface area (Å²) in [6.45, 7) is 1.69. The highest BCUT2D eigenvalue weighted by Crippen LogP contribution is 2.19. The predicted molar refractivity (Wildman–Crippen MR) is 60.0 cm³/mol. The molecule has 0 spiro atoms. The van der Waals surface area contributed by atoms with Gasteiger partial charge in [-0.3, -0.25) is 4.79 Å². The number of benzene rings is 1. The molecule has 0 aliphatic rings. The van der Waals surface area contributed by atoms with Crippen LogP contribution >= 0.6 is 27.5 Å². The van der Waals surface area contributed by atoms with Crippen LogP contribution in [0.5, 0.6) is 5.75 Å². The topological polar surface area (TPSA) is 26.3 Å². The van der Waals surface area contributed by atoms with Crippen LogP contribution in [0.4, 0.5) is 0 Å². The highest BCUT2D eigenvalue weighted by Gasteiger charge is 2.12. The monoisotopic (exact) mass is 276 g/mol. The molecule has 0 fully saturated rings. The number of rotatable bonds is 4. The third kappa shape index (κ3) is 3.31. The van der Waals surface area contributed by atoms with Crippen molar-refractivity contribution in [3.63, 3.8) is 0 Å². The molecule has 0 heterocycles. The lowest BCUT2D eigenvalue weighted by Gasteiger charge is -2.12. The van der Waals surface area contributed by atoms with Crippen molar-refractivity contribution in [2.45, 2.75) is 13.0 Å². The van der Waals surface area contributed by atoms with E-state index in [0.717, 1.165) is 4.47 Å². The minimum absolute atomic E-state index is 0.0187. The molecular formula is C10H10BrClO2. The summed E-state index contributed by atoms with van der Waals surface area (Å²) in [5.41, 5.74) is 0. The van der Waals surface area contributed by atoms with E-state index in [1.165, 1.54) is 0 Å². The fourth-order valence-electron chi connectivity index (χ4n) is 0.919. The first-order valence-electron chi connectivity index (χ1n) is 4.14. The number of Topliss-reactive ketones (excluding diaryl/α,β-unsaturated/α-hetero) is 1. The maximum absolute atomic E-state index is 11.1. The summed E-state index contributed by atoms with van der Waals surface area (Å²) in [6.07, 6.45) is -0.498. The first-order valence-corrected chi connectivity index (χ1v) is 5.47. The first-order chi connectivity index (χ1) is 6.63. The first kappa shape index (κ1) is 11.5. The van der Waals surface area contributed by atoms with Crippen LogP contribution in [0.25, 0.3) is 0 Å². The average Bonchev–Trinajstić information content (AvgIpc) is 2.16. The fraction of sp³-hybridized carbons (Fsp3) is 0.300. The van der Waals surface area contributed by atoms with Crippen LogP contribution in [-0.4, -0.2) is 17.8 Å². The molecular weight excluding hydrogens is 267 g/mol. The minimum atomic E-state index is -0.498. The van der Waals surface area contributed by atoms with Crippen molar-refractivity contribution in [3.8, 4) is 5.75 Å². The summed E-state index contributed by atoms with van der Waals surface area (Å²) in [5.74, 6) is 0.520. The average molecular weight is 278 g/mol. The molecule has 0 aromatic heterocycles. The van der Waals surface area contributed by atoms with Gasteiger partial charge in [-0.1, -0.05) is 22.0 Å². The molecule has 1 aromatic carbocycles. The van der Waals surface area contributed by atoms with Gasteiger partial charge < -0.3 is 4.74 Å². The fourth-order valence-corrected chi connectivity index (χ4v) is 1.51. The van der Waals surface area contributed by atoms with Gasteiger partial charge in [-0.05, 0) is 25.1 Å². The van der Waals surface area contributed by atoms with Crippen LogP contribution < -0.4 is 4.74 Å². The number of halogens is 2. The molecule has 0 bridgehead atoms. The molecule has 0 aliphatic heterocycles. The van der Waals surface area contributed by atoms with Crippen molar-refractivity contribution < 1.29 is 9.53 Å². The maximum atomic E-state index is 11.1. The van der Waals surface area contributed by atoms with Crippen molar-refractivity contribution in [2.24, 2.45) is 0 Å². The van der Waals surface area contributed by atoms with Gasteiger partial charge >= 0.3 is 0 Å². The predicted octanol–water partition coefficient (Wildman–Crippen LogP) is 3.02. The Morgan fingerprint density at radius 1 is 1.64 bits per heavy atom. The molecule has 0 radical (unpaired) electrons. The lowest BCUT2D eigenvalue weighted by atomic mass is 10.3. The van der Waals surface area contributed by atoms with Gasteiger partial charge in [0.2, 0.25) is 0 Å². The Bertz CT molecular complexity index is 328. The van der Waals surface area contributed by atoms with E-state index in [1.807, 2.05) is 12.1 Å². The van der Waals surface area contributed by atoms with Crippen molar-refractivity contribution in [3.05, 3.63) is 28.7 Å². The molecule has 0 amide bonds. The van der Waals surface area contributed by atoms with E-state index in [2.05, 4.69) is 15.9 Å². The molecule has 76 valence electrons. The van der Waals surface area contributed by atoms with Gasteiger partial charge in [0.05, 0.1) is 5.88 Å². The van der Waals surface area contributed by atoms with Gasteiger partial charge in [0.25, 0.3) is 0 Å². The van der Waals surface area contributed by atoms with E-state index < -0.39 is 6.10 Å². The van der Waals surface area contributed by atoms with Crippen LogP contribution in [0, 0.1) is 0 Å². The van der Waals surface area contributed by atoms with Crippen LogP contribution in [0.15, 0.2) is 28.7 Å². The summed E-state index contributed by atoms with van der Waals surface area (Å²) in [7, 11) is 0. The molecule has 0 N–H and O–H groups in total. The molecule has 0 aliphatic carbocycles. The van der Waals surface area contributed by atoms with Gasteiger partial charge in [0.1, 0.15) is 5.75 Å². The van der Waals surface area contributed by atoms with Gasteiger partial charge in [0, 0.05) is 4.47 Å². The van der Waals surface area contributed by atoms with Crippen LogP contribution in [0.2, 0.25) is 0 Å². The molecule has 2 nitrogen and oxygen atoms in total. The Labute approximate surface area is 96.3 Å². The van der Waals surface area contributed by atoms with Crippen molar-refractivity contribution >= 4 is 33.3 Å². The third-order valence-electron chi connectivity index (χ3n) is 1.69. The lowest BCUT2D eigenvalue weighted by molar-refractivity contribution is -0.122. The van der Waals surface area contributed by atoms with Gasteiger partial charge in [-0.25, -0.2) is 0 Å². The number of hydrogen-bond donors (Lipinski definition) is 0.